The first-order chi connectivity index (χ1) is 11.8. The molecule has 0 aromatic heterocycles. The summed E-state index contributed by atoms with van der Waals surface area (Å²) in [5.74, 6) is 2.60. The quantitative estimate of drug-likeness (QED) is 0.415. The van der Waals surface area contributed by atoms with Gasteiger partial charge in [0, 0.05) is 26.2 Å². The van der Waals surface area contributed by atoms with E-state index in [1.807, 2.05) is 18.2 Å². The fraction of sp³-hybridized carbons (Fsp3) is 0.611. The number of nitrogens with zero attached hydrogens (tertiary/aromatic N) is 2. The zero-order valence-electron chi connectivity index (χ0n) is 15.0. The molecule has 1 saturated heterocycles. The van der Waals surface area contributed by atoms with Gasteiger partial charge in [0.15, 0.2) is 17.5 Å². The molecular weight excluding hydrogens is 433 g/mol. The first-order valence-corrected chi connectivity index (χ1v) is 8.83. The van der Waals surface area contributed by atoms with Crippen molar-refractivity contribution < 1.29 is 14.2 Å². The van der Waals surface area contributed by atoms with E-state index in [1.54, 1.807) is 0 Å². The molecule has 0 atom stereocenters. The van der Waals surface area contributed by atoms with Gasteiger partial charge in [-0.2, -0.15) is 0 Å². The van der Waals surface area contributed by atoms with Crippen molar-refractivity contribution in [1.29, 1.82) is 0 Å². The molecule has 0 bridgehead atoms. The van der Waals surface area contributed by atoms with Crippen LogP contribution >= 0.6 is 24.0 Å². The van der Waals surface area contributed by atoms with Crippen LogP contribution in [0.4, 0.5) is 0 Å². The number of hydrogen-bond acceptors (Lipinski definition) is 4. The highest BCUT2D eigenvalue weighted by atomic mass is 127. The predicted octanol–water partition coefficient (Wildman–Crippen LogP) is 3.00. The van der Waals surface area contributed by atoms with Crippen molar-refractivity contribution in [1.82, 2.24) is 10.2 Å². The Morgan fingerprint density at radius 2 is 2.00 bits per heavy atom. The van der Waals surface area contributed by atoms with Gasteiger partial charge in [0.2, 0.25) is 6.79 Å². The lowest BCUT2D eigenvalue weighted by molar-refractivity contribution is 0.0263. The van der Waals surface area contributed by atoms with Crippen LogP contribution in [0.1, 0.15) is 32.3 Å². The number of benzene rings is 1. The number of aliphatic imine (C=N–C) groups is 1. The molecule has 0 unspecified atom stereocenters. The topological polar surface area (TPSA) is 55.3 Å². The van der Waals surface area contributed by atoms with Crippen LogP contribution in [0.2, 0.25) is 0 Å². The van der Waals surface area contributed by atoms with Gasteiger partial charge in [0.1, 0.15) is 0 Å². The van der Waals surface area contributed by atoms with E-state index in [9.17, 15) is 0 Å². The lowest BCUT2D eigenvalue weighted by atomic mass is 10.1. The summed E-state index contributed by atoms with van der Waals surface area (Å²) >= 11 is 0. The van der Waals surface area contributed by atoms with Gasteiger partial charge in [-0.15, -0.1) is 24.0 Å². The number of halogens is 1. The minimum absolute atomic E-state index is 0. The molecule has 0 saturated carbocycles. The highest BCUT2D eigenvalue weighted by Gasteiger charge is 2.21. The average Bonchev–Trinajstić information content (AvgIpc) is 3.07. The third-order valence-corrected chi connectivity index (χ3v) is 4.33. The summed E-state index contributed by atoms with van der Waals surface area (Å²) in [4.78, 5) is 7.12. The number of rotatable bonds is 5. The highest BCUT2D eigenvalue weighted by Crippen LogP contribution is 2.32. The summed E-state index contributed by atoms with van der Waals surface area (Å²) in [7, 11) is 0. The maximum Gasteiger partial charge on any atom is 0.231 e. The SMILES string of the molecule is CCNC(=NCc1ccc2c(c1)OCO2)N1CCC(OCC)CC1.I. The fourth-order valence-corrected chi connectivity index (χ4v) is 3.10. The molecule has 1 aromatic rings. The number of likely N-dealkylation sites (tertiary alicyclic amines) is 1. The smallest absolute Gasteiger partial charge is 0.231 e. The maximum absolute atomic E-state index is 5.73. The maximum atomic E-state index is 5.73. The van der Waals surface area contributed by atoms with Crippen LogP contribution in [0.3, 0.4) is 0 Å². The van der Waals surface area contributed by atoms with Crippen molar-refractivity contribution in [3.63, 3.8) is 0 Å². The molecule has 0 amide bonds. The zero-order valence-corrected chi connectivity index (χ0v) is 17.3. The van der Waals surface area contributed by atoms with Crippen LogP contribution in [0.25, 0.3) is 0 Å². The van der Waals surface area contributed by atoms with E-state index in [4.69, 9.17) is 19.2 Å². The molecule has 1 N–H and O–H groups in total. The molecule has 7 heteroatoms. The van der Waals surface area contributed by atoms with Crippen LogP contribution in [0.15, 0.2) is 23.2 Å². The Labute approximate surface area is 166 Å². The summed E-state index contributed by atoms with van der Waals surface area (Å²) in [5.41, 5.74) is 1.12. The van der Waals surface area contributed by atoms with Gasteiger partial charge in [-0.05, 0) is 44.4 Å². The number of piperidine rings is 1. The number of guanidine groups is 1. The first-order valence-electron chi connectivity index (χ1n) is 8.83. The number of hydrogen-bond donors (Lipinski definition) is 1. The molecule has 0 aliphatic carbocycles. The standard InChI is InChI=1S/C18H27N3O3.HI/c1-3-19-18(21-9-7-15(8-10-21)22-4-2)20-12-14-5-6-16-17(11-14)24-13-23-16;/h5-6,11,15H,3-4,7-10,12-13H2,1-2H3,(H,19,20);1H. The molecule has 6 nitrogen and oxygen atoms in total. The Hall–Kier alpha value is -1.22. The molecule has 140 valence electrons. The van der Waals surface area contributed by atoms with Gasteiger partial charge in [0.25, 0.3) is 0 Å². The number of ether oxygens (including phenoxy) is 3. The number of fused-ring (bicyclic) bond motifs is 1. The molecule has 1 aromatic carbocycles. The highest BCUT2D eigenvalue weighted by molar-refractivity contribution is 14.0. The van der Waals surface area contributed by atoms with Crippen molar-refractivity contribution in [2.75, 3.05) is 33.0 Å². The van der Waals surface area contributed by atoms with E-state index in [0.717, 1.165) is 62.1 Å². The van der Waals surface area contributed by atoms with E-state index in [2.05, 4.69) is 24.1 Å². The van der Waals surface area contributed by atoms with Gasteiger partial charge in [-0.3, -0.25) is 0 Å². The van der Waals surface area contributed by atoms with E-state index in [0.29, 0.717) is 19.4 Å². The molecule has 1 fully saturated rings. The average molecular weight is 461 g/mol. The zero-order chi connectivity index (χ0) is 16.8. The lowest BCUT2D eigenvalue weighted by Gasteiger charge is -2.34. The summed E-state index contributed by atoms with van der Waals surface area (Å²) in [6, 6.07) is 6.01. The predicted molar refractivity (Wildman–Crippen MR) is 109 cm³/mol. The van der Waals surface area contributed by atoms with E-state index in [1.165, 1.54) is 0 Å². The molecule has 2 aliphatic heterocycles. The molecule has 2 heterocycles. The van der Waals surface area contributed by atoms with Crippen LogP contribution in [0, 0.1) is 0 Å². The summed E-state index contributed by atoms with van der Waals surface area (Å²) in [6.07, 6.45) is 2.51. The Morgan fingerprint density at radius 1 is 1.24 bits per heavy atom. The minimum atomic E-state index is 0. The van der Waals surface area contributed by atoms with Gasteiger partial charge in [-0.25, -0.2) is 4.99 Å². The molecule has 0 radical (unpaired) electrons. The van der Waals surface area contributed by atoms with E-state index in [-0.39, 0.29) is 24.0 Å². The van der Waals surface area contributed by atoms with Crippen molar-refractivity contribution in [3.05, 3.63) is 23.8 Å². The Balaban J connectivity index is 0.00000225. The number of nitrogens with one attached hydrogen (secondary N) is 1. The molecule has 3 rings (SSSR count). The van der Waals surface area contributed by atoms with Crippen molar-refractivity contribution >= 4 is 29.9 Å². The Kier molecular flexibility index (Phi) is 8.08. The summed E-state index contributed by atoms with van der Waals surface area (Å²) in [6.45, 7) is 8.72. The first kappa shape index (κ1) is 20.1. The second-order valence-electron chi connectivity index (χ2n) is 6.00. The van der Waals surface area contributed by atoms with Gasteiger partial charge >= 0.3 is 0 Å². The molecular formula is C18H28IN3O3. The van der Waals surface area contributed by atoms with Crippen molar-refractivity contribution in [3.8, 4) is 11.5 Å². The lowest BCUT2D eigenvalue weighted by Crippen LogP contribution is -2.47. The minimum Gasteiger partial charge on any atom is -0.454 e. The van der Waals surface area contributed by atoms with Gasteiger partial charge in [-0.1, -0.05) is 6.07 Å². The van der Waals surface area contributed by atoms with E-state index < -0.39 is 0 Å². The van der Waals surface area contributed by atoms with Crippen LogP contribution in [-0.4, -0.2) is 50.0 Å². The largest absolute Gasteiger partial charge is 0.454 e. The summed E-state index contributed by atoms with van der Waals surface area (Å²) < 4.78 is 16.5. The third-order valence-electron chi connectivity index (χ3n) is 4.33. The van der Waals surface area contributed by atoms with Crippen molar-refractivity contribution in [2.24, 2.45) is 4.99 Å². The van der Waals surface area contributed by atoms with Crippen LogP contribution < -0.4 is 14.8 Å². The molecule has 2 aliphatic rings. The summed E-state index contributed by atoms with van der Waals surface area (Å²) in [5, 5.41) is 3.40. The Morgan fingerprint density at radius 3 is 2.72 bits per heavy atom. The van der Waals surface area contributed by atoms with Crippen molar-refractivity contribution in [2.45, 2.75) is 39.3 Å². The van der Waals surface area contributed by atoms with E-state index >= 15 is 0 Å². The second-order valence-corrected chi connectivity index (χ2v) is 6.00. The third kappa shape index (κ3) is 5.37. The molecule has 25 heavy (non-hydrogen) atoms. The normalized spacial score (nSPS) is 17.4. The van der Waals surface area contributed by atoms with Gasteiger partial charge in [0.05, 0.1) is 12.6 Å². The van der Waals surface area contributed by atoms with Crippen LogP contribution in [0.5, 0.6) is 11.5 Å². The Bertz CT molecular complexity index is 575. The van der Waals surface area contributed by atoms with Crippen LogP contribution in [-0.2, 0) is 11.3 Å². The molecule has 0 spiro atoms. The monoisotopic (exact) mass is 461 g/mol. The second kappa shape index (κ2) is 10.1. The van der Waals surface area contributed by atoms with Gasteiger partial charge < -0.3 is 24.4 Å². The fourth-order valence-electron chi connectivity index (χ4n) is 3.10.